The molecule has 2 aromatic rings. The maximum atomic E-state index is 10.3. The molecule has 2 rings (SSSR count). The lowest BCUT2D eigenvalue weighted by molar-refractivity contribution is -0.137. The van der Waals surface area contributed by atoms with Crippen LogP contribution >= 0.6 is 0 Å². The third-order valence-corrected chi connectivity index (χ3v) is 1.83. The Morgan fingerprint density at radius 2 is 2.38 bits per heavy atom. The van der Waals surface area contributed by atoms with Crippen LogP contribution in [0.5, 0.6) is 0 Å². The van der Waals surface area contributed by atoms with E-state index < -0.39 is 5.97 Å². The molecule has 82 valence electrons. The SMILES string of the molecule is O=C(O)CCc1nc(-c2ccncn2)no1. The average Bonchev–Trinajstić information content (AvgIpc) is 2.76. The fourth-order valence-corrected chi connectivity index (χ4v) is 1.10. The Hall–Kier alpha value is -2.31. The number of carboxylic acids is 1. The number of rotatable bonds is 4. The Morgan fingerprint density at radius 3 is 3.06 bits per heavy atom. The maximum absolute atomic E-state index is 10.3. The summed E-state index contributed by atoms with van der Waals surface area (Å²) < 4.78 is 4.88. The Morgan fingerprint density at radius 1 is 1.50 bits per heavy atom. The van der Waals surface area contributed by atoms with Crippen LogP contribution in [-0.2, 0) is 11.2 Å². The minimum atomic E-state index is -0.901. The second-order valence-electron chi connectivity index (χ2n) is 3.00. The fourth-order valence-electron chi connectivity index (χ4n) is 1.10. The molecule has 16 heavy (non-hydrogen) atoms. The molecule has 0 aliphatic rings. The molecule has 0 bridgehead atoms. The number of aromatic nitrogens is 4. The van der Waals surface area contributed by atoms with Gasteiger partial charge in [-0.1, -0.05) is 5.16 Å². The van der Waals surface area contributed by atoms with Crippen molar-refractivity contribution in [3.63, 3.8) is 0 Å². The van der Waals surface area contributed by atoms with Gasteiger partial charge in [-0.2, -0.15) is 4.98 Å². The van der Waals surface area contributed by atoms with Crippen LogP contribution in [0.25, 0.3) is 11.5 Å². The summed E-state index contributed by atoms with van der Waals surface area (Å²) in [5.74, 6) is -0.277. The van der Waals surface area contributed by atoms with Crippen molar-refractivity contribution < 1.29 is 14.4 Å². The number of hydrogen-bond donors (Lipinski definition) is 1. The summed E-state index contributed by atoms with van der Waals surface area (Å²) in [6.07, 6.45) is 3.12. The van der Waals surface area contributed by atoms with Crippen molar-refractivity contribution >= 4 is 5.97 Å². The molecule has 0 saturated carbocycles. The van der Waals surface area contributed by atoms with Gasteiger partial charge in [0.05, 0.1) is 6.42 Å². The van der Waals surface area contributed by atoms with Crippen LogP contribution < -0.4 is 0 Å². The van der Waals surface area contributed by atoms with E-state index in [1.54, 1.807) is 12.3 Å². The van der Waals surface area contributed by atoms with Gasteiger partial charge in [0.25, 0.3) is 0 Å². The van der Waals surface area contributed by atoms with Gasteiger partial charge < -0.3 is 9.63 Å². The molecule has 0 amide bonds. The van der Waals surface area contributed by atoms with Crippen LogP contribution in [0.1, 0.15) is 12.3 Å². The number of hydrogen-bond acceptors (Lipinski definition) is 6. The molecular weight excluding hydrogens is 212 g/mol. The summed E-state index contributed by atoms with van der Waals surface area (Å²) >= 11 is 0. The first kappa shape index (κ1) is 10.2. The highest BCUT2D eigenvalue weighted by atomic mass is 16.5. The van der Waals surface area contributed by atoms with E-state index in [9.17, 15) is 4.79 Å². The van der Waals surface area contributed by atoms with E-state index in [1.165, 1.54) is 6.33 Å². The third-order valence-electron chi connectivity index (χ3n) is 1.83. The molecule has 0 saturated heterocycles. The van der Waals surface area contributed by atoms with Crippen LogP contribution in [0.15, 0.2) is 23.1 Å². The zero-order valence-electron chi connectivity index (χ0n) is 8.20. The largest absolute Gasteiger partial charge is 0.481 e. The van der Waals surface area contributed by atoms with Gasteiger partial charge in [-0.3, -0.25) is 4.79 Å². The predicted octanol–water partition coefficient (Wildman–Crippen LogP) is 0.544. The molecule has 7 nitrogen and oxygen atoms in total. The van der Waals surface area contributed by atoms with Crippen LogP contribution in [0.4, 0.5) is 0 Å². The summed E-state index contributed by atoms with van der Waals surface area (Å²) in [4.78, 5) is 22.1. The first-order chi connectivity index (χ1) is 7.75. The van der Waals surface area contributed by atoms with Gasteiger partial charge in [0.2, 0.25) is 11.7 Å². The number of carbonyl (C=O) groups is 1. The van der Waals surface area contributed by atoms with Gasteiger partial charge in [-0.05, 0) is 6.07 Å². The quantitative estimate of drug-likeness (QED) is 0.802. The molecule has 0 radical (unpaired) electrons. The van der Waals surface area contributed by atoms with E-state index in [0.717, 1.165) is 0 Å². The standard InChI is InChI=1S/C9H8N4O3/c14-8(15)2-1-7-12-9(13-16-7)6-3-4-10-5-11-6/h3-5H,1-2H2,(H,14,15). The molecule has 0 aromatic carbocycles. The molecule has 0 aliphatic heterocycles. The predicted molar refractivity (Wildman–Crippen MR) is 51.3 cm³/mol. The molecule has 1 N–H and O–H groups in total. The molecule has 0 atom stereocenters. The van der Waals surface area contributed by atoms with Gasteiger partial charge in [-0.15, -0.1) is 0 Å². The Labute approximate surface area is 90.2 Å². The molecule has 0 aliphatic carbocycles. The molecule has 0 fully saturated rings. The van der Waals surface area contributed by atoms with Gasteiger partial charge >= 0.3 is 5.97 Å². The van der Waals surface area contributed by atoms with Gasteiger partial charge in [0.1, 0.15) is 12.0 Å². The summed E-state index contributed by atoms with van der Waals surface area (Å²) in [5, 5.41) is 12.2. The molecule has 2 heterocycles. The van der Waals surface area contributed by atoms with Crippen molar-refractivity contribution in [3.8, 4) is 11.5 Å². The van der Waals surface area contributed by atoms with Crippen molar-refractivity contribution in [3.05, 3.63) is 24.5 Å². The smallest absolute Gasteiger partial charge is 0.303 e. The highest BCUT2D eigenvalue weighted by Crippen LogP contribution is 2.11. The Kier molecular flexibility index (Phi) is 2.86. The van der Waals surface area contributed by atoms with E-state index in [-0.39, 0.29) is 18.7 Å². The zero-order chi connectivity index (χ0) is 11.4. The number of aryl methyl sites for hydroxylation is 1. The second kappa shape index (κ2) is 4.47. The van der Waals surface area contributed by atoms with Crippen LogP contribution in [-0.4, -0.2) is 31.2 Å². The van der Waals surface area contributed by atoms with Crippen LogP contribution in [0.2, 0.25) is 0 Å². The molecular formula is C9H8N4O3. The maximum Gasteiger partial charge on any atom is 0.303 e. The molecule has 2 aromatic heterocycles. The van der Waals surface area contributed by atoms with Crippen molar-refractivity contribution in [1.29, 1.82) is 0 Å². The lowest BCUT2D eigenvalue weighted by atomic mass is 10.3. The summed E-state index contributed by atoms with van der Waals surface area (Å²) in [6.45, 7) is 0. The summed E-state index contributed by atoms with van der Waals surface area (Å²) in [5.41, 5.74) is 0.542. The molecule has 0 spiro atoms. The van der Waals surface area contributed by atoms with Gasteiger partial charge in [0, 0.05) is 12.6 Å². The van der Waals surface area contributed by atoms with Gasteiger partial charge in [-0.25, -0.2) is 9.97 Å². The van der Waals surface area contributed by atoms with Crippen LogP contribution in [0, 0.1) is 0 Å². The summed E-state index contributed by atoms with van der Waals surface area (Å²) in [7, 11) is 0. The molecule has 7 heteroatoms. The van der Waals surface area contributed by atoms with Crippen molar-refractivity contribution in [2.45, 2.75) is 12.8 Å². The summed E-state index contributed by atoms with van der Waals surface area (Å²) in [6, 6.07) is 1.64. The van der Waals surface area contributed by atoms with Crippen molar-refractivity contribution in [2.24, 2.45) is 0 Å². The molecule has 0 unspecified atom stereocenters. The van der Waals surface area contributed by atoms with E-state index in [0.29, 0.717) is 11.5 Å². The monoisotopic (exact) mass is 220 g/mol. The lowest BCUT2D eigenvalue weighted by Gasteiger charge is -1.89. The average molecular weight is 220 g/mol. The highest BCUT2D eigenvalue weighted by molar-refractivity contribution is 5.66. The Balaban J connectivity index is 2.11. The normalized spacial score (nSPS) is 10.2. The fraction of sp³-hybridized carbons (Fsp3) is 0.222. The van der Waals surface area contributed by atoms with Crippen molar-refractivity contribution in [2.75, 3.05) is 0 Å². The third kappa shape index (κ3) is 2.38. The minimum absolute atomic E-state index is 0.0363. The lowest BCUT2D eigenvalue weighted by Crippen LogP contribution is -1.97. The minimum Gasteiger partial charge on any atom is -0.481 e. The zero-order valence-corrected chi connectivity index (χ0v) is 8.20. The number of aliphatic carboxylic acids is 1. The topological polar surface area (TPSA) is 102 Å². The van der Waals surface area contributed by atoms with E-state index in [1.807, 2.05) is 0 Å². The first-order valence-corrected chi connectivity index (χ1v) is 4.56. The first-order valence-electron chi connectivity index (χ1n) is 4.56. The van der Waals surface area contributed by atoms with Gasteiger partial charge in [0.15, 0.2) is 0 Å². The number of nitrogens with zero attached hydrogens (tertiary/aromatic N) is 4. The van der Waals surface area contributed by atoms with E-state index in [2.05, 4.69) is 20.1 Å². The number of carboxylic acid groups (broad SMARTS) is 1. The van der Waals surface area contributed by atoms with Crippen LogP contribution in [0.3, 0.4) is 0 Å². The van der Waals surface area contributed by atoms with E-state index >= 15 is 0 Å². The Bertz CT molecular complexity index is 483. The highest BCUT2D eigenvalue weighted by Gasteiger charge is 2.10. The van der Waals surface area contributed by atoms with Crippen molar-refractivity contribution in [1.82, 2.24) is 20.1 Å². The van der Waals surface area contributed by atoms with E-state index in [4.69, 9.17) is 9.63 Å². The second-order valence-corrected chi connectivity index (χ2v) is 3.00.